The average molecular weight is 459 g/mol. The van der Waals surface area contributed by atoms with Gasteiger partial charge in [-0.2, -0.15) is 9.97 Å². The molecule has 0 spiro atoms. The number of rotatable bonds is 8. The quantitative estimate of drug-likeness (QED) is 0.381. The van der Waals surface area contributed by atoms with Gasteiger partial charge in [0, 0.05) is 18.2 Å². The van der Waals surface area contributed by atoms with E-state index in [4.69, 9.17) is 16.6 Å². The monoisotopic (exact) mass is 458 g/mol. The van der Waals surface area contributed by atoms with Crippen LogP contribution >= 0.6 is 11.6 Å². The Bertz CT molecular complexity index is 1060. The Morgan fingerprint density at radius 3 is 2.72 bits per heavy atom. The molecule has 8 nitrogen and oxygen atoms in total. The molecule has 2 aromatic heterocycles. The Labute approximate surface area is 193 Å². The first-order valence-electron chi connectivity index (χ1n) is 11.4. The summed E-state index contributed by atoms with van der Waals surface area (Å²) < 4.78 is 2.16. The molecule has 4 rings (SSSR count). The Morgan fingerprint density at radius 1 is 1.22 bits per heavy atom. The van der Waals surface area contributed by atoms with Crippen molar-refractivity contribution >= 4 is 34.5 Å². The molecule has 3 aromatic rings. The minimum Gasteiger partial charge on any atom is -0.506 e. The largest absolute Gasteiger partial charge is 0.506 e. The number of hydrogen-bond donors (Lipinski definition) is 4. The maximum atomic E-state index is 10.3. The van der Waals surface area contributed by atoms with Gasteiger partial charge in [-0.3, -0.25) is 0 Å². The molecule has 0 radical (unpaired) electrons. The van der Waals surface area contributed by atoms with Gasteiger partial charge in [0.15, 0.2) is 17.0 Å². The van der Waals surface area contributed by atoms with Gasteiger partial charge < -0.3 is 25.4 Å². The third-order valence-corrected chi connectivity index (χ3v) is 6.55. The summed E-state index contributed by atoms with van der Waals surface area (Å²) >= 11 is 6.06. The number of aliphatic hydroxyl groups is 1. The first kappa shape index (κ1) is 22.6. The normalized spacial score (nSPS) is 16.8. The number of aliphatic hydroxyl groups excluding tert-OH is 1. The van der Waals surface area contributed by atoms with Gasteiger partial charge in [-0.25, -0.2) is 4.98 Å². The molecule has 32 heavy (non-hydrogen) atoms. The number of aromatic hydroxyl groups is 1. The maximum Gasteiger partial charge on any atom is 0.227 e. The van der Waals surface area contributed by atoms with E-state index < -0.39 is 6.10 Å². The summed E-state index contributed by atoms with van der Waals surface area (Å²) in [6.45, 7) is 4.10. The Morgan fingerprint density at radius 2 is 2.00 bits per heavy atom. The number of benzene rings is 1. The van der Waals surface area contributed by atoms with Crippen molar-refractivity contribution in [1.29, 1.82) is 0 Å². The summed E-state index contributed by atoms with van der Waals surface area (Å²) in [5, 5.41) is 27.2. The lowest BCUT2D eigenvalue weighted by Crippen LogP contribution is -2.31. The van der Waals surface area contributed by atoms with Crippen LogP contribution in [0.3, 0.4) is 0 Å². The van der Waals surface area contributed by atoms with E-state index in [1.165, 1.54) is 19.3 Å². The zero-order valence-corrected chi connectivity index (χ0v) is 19.3. The summed E-state index contributed by atoms with van der Waals surface area (Å²) in [7, 11) is 0. The lowest BCUT2D eigenvalue weighted by Gasteiger charge is -2.24. The van der Waals surface area contributed by atoms with Gasteiger partial charge >= 0.3 is 0 Å². The summed E-state index contributed by atoms with van der Waals surface area (Å²) in [4.78, 5) is 14.1. The molecular weight excluding hydrogens is 428 g/mol. The third-order valence-electron chi connectivity index (χ3n) is 6.24. The molecule has 1 aromatic carbocycles. The van der Waals surface area contributed by atoms with Gasteiger partial charge in [0.25, 0.3) is 0 Å². The van der Waals surface area contributed by atoms with Crippen molar-refractivity contribution in [1.82, 2.24) is 19.5 Å². The highest BCUT2D eigenvalue weighted by Gasteiger charge is 2.22. The number of anilines is 2. The smallest absolute Gasteiger partial charge is 0.227 e. The summed E-state index contributed by atoms with van der Waals surface area (Å²) in [5.41, 5.74) is 2.13. The number of nitrogens with one attached hydrogen (secondary N) is 2. The van der Waals surface area contributed by atoms with E-state index in [-0.39, 0.29) is 11.8 Å². The second-order valence-electron chi connectivity index (χ2n) is 8.51. The van der Waals surface area contributed by atoms with E-state index in [0.29, 0.717) is 40.5 Å². The standard InChI is InChI=1S/C23H31ClN6O2/c1-3-18(14(2)31)27-23-28-21(25-12-15-8-7-11-17(24)20(15)32)19-22(29-23)30(13-26-19)16-9-5-4-6-10-16/h7-8,11,13-14,16,18,31-32H,3-6,9-10,12H2,1-2H3,(H2,25,27,28,29). The van der Waals surface area contributed by atoms with Crippen molar-refractivity contribution in [3.63, 3.8) is 0 Å². The highest BCUT2D eigenvalue weighted by molar-refractivity contribution is 6.32. The van der Waals surface area contributed by atoms with Crippen LogP contribution in [0.25, 0.3) is 11.2 Å². The van der Waals surface area contributed by atoms with E-state index in [1.54, 1.807) is 19.1 Å². The molecule has 1 aliphatic rings. The number of nitrogens with zero attached hydrogens (tertiary/aromatic N) is 4. The van der Waals surface area contributed by atoms with Gasteiger partial charge in [0.1, 0.15) is 5.75 Å². The lowest BCUT2D eigenvalue weighted by molar-refractivity contribution is 0.169. The van der Waals surface area contributed by atoms with Crippen LogP contribution in [0.15, 0.2) is 24.5 Å². The molecule has 0 aliphatic heterocycles. The van der Waals surface area contributed by atoms with Crippen molar-refractivity contribution in [2.24, 2.45) is 0 Å². The first-order chi connectivity index (χ1) is 15.5. The molecule has 1 aliphatic carbocycles. The molecule has 2 unspecified atom stereocenters. The van der Waals surface area contributed by atoms with Gasteiger partial charge in [-0.05, 0) is 32.3 Å². The van der Waals surface area contributed by atoms with E-state index in [1.807, 2.05) is 19.3 Å². The second-order valence-corrected chi connectivity index (χ2v) is 8.92. The SMILES string of the molecule is CCC(Nc1nc(NCc2cccc(Cl)c2O)c2ncn(C3CCCCC3)c2n1)C(C)O. The predicted octanol–water partition coefficient (Wildman–Crippen LogP) is 4.87. The maximum absolute atomic E-state index is 10.3. The van der Waals surface area contributed by atoms with Crippen molar-refractivity contribution in [3.05, 3.63) is 35.1 Å². The second kappa shape index (κ2) is 9.92. The lowest BCUT2D eigenvalue weighted by atomic mass is 9.95. The molecular formula is C23H31ClN6O2. The zero-order chi connectivity index (χ0) is 22.7. The minimum atomic E-state index is -0.539. The van der Waals surface area contributed by atoms with Crippen molar-refractivity contribution in [2.45, 2.75) is 77.1 Å². The van der Waals surface area contributed by atoms with Crippen LogP contribution < -0.4 is 10.6 Å². The molecule has 0 amide bonds. The average Bonchev–Trinajstić information content (AvgIpc) is 3.22. The van der Waals surface area contributed by atoms with Gasteiger partial charge in [0.2, 0.25) is 5.95 Å². The fourth-order valence-electron chi connectivity index (χ4n) is 4.34. The van der Waals surface area contributed by atoms with Crippen molar-refractivity contribution in [3.8, 4) is 5.75 Å². The number of fused-ring (bicyclic) bond motifs is 1. The van der Waals surface area contributed by atoms with E-state index in [2.05, 4.69) is 25.2 Å². The number of para-hydroxylation sites is 1. The van der Waals surface area contributed by atoms with Crippen LogP contribution in [0.2, 0.25) is 5.02 Å². The van der Waals surface area contributed by atoms with Crippen LogP contribution in [-0.4, -0.2) is 41.9 Å². The summed E-state index contributed by atoms with van der Waals surface area (Å²) in [6.07, 6.45) is 7.97. The van der Waals surface area contributed by atoms with Crippen molar-refractivity contribution < 1.29 is 10.2 Å². The topological polar surface area (TPSA) is 108 Å². The number of imidazole rings is 1. The molecule has 2 atom stereocenters. The van der Waals surface area contributed by atoms with Crippen molar-refractivity contribution in [2.75, 3.05) is 10.6 Å². The van der Waals surface area contributed by atoms with Crippen LogP contribution in [0.5, 0.6) is 5.75 Å². The van der Waals surface area contributed by atoms with Gasteiger partial charge in [0.05, 0.1) is 23.5 Å². The highest BCUT2D eigenvalue weighted by Crippen LogP contribution is 2.33. The first-order valence-corrected chi connectivity index (χ1v) is 11.7. The molecule has 0 bridgehead atoms. The van der Waals surface area contributed by atoms with E-state index in [0.717, 1.165) is 24.9 Å². The van der Waals surface area contributed by atoms with Crippen LogP contribution in [0.4, 0.5) is 11.8 Å². The predicted molar refractivity (Wildman–Crippen MR) is 127 cm³/mol. The zero-order valence-electron chi connectivity index (χ0n) is 18.6. The number of aromatic nitrogens is 4. The fourth-order valence-corrected chi connectivity index (χ4v) is 4.54. The van der Waals surface area contributed by atoms with Crippen LogP contribution in [0.1, 0.15) is 64.0 Å². The number of phenols is 1. The fraction of sp³-hybridized carbons (Fsp3) is 0.522. The molecule has 9 heteroatoms. The molecule has 1 fully saturated rings. The Kier molecular flexibility index (Phi) is 7.01. The van der Waals surface area contributed by atoms with Gasteiger partial charge in [-0.15, -0.1) is 0 Å². The molecule has 172 valence electrons. The molecule has 4 N–H and O–H groups in total. The highest BCUT2D eigenvalue weighted by atomic mass is 35.5. The van der Waals surface area contributed by atoms with Gasteiger partial charge in [-0.1, -0.05) is 49.9 Å². The molecule has 1 saturated carbocycles. The summed E-state index contributed by atoms with van der Waals surface area (Å²) in [5.74, 6) is 1.07. The number of halogens is 1. The number of phenolic OH excluding ortho intramolecular Hbond substituents is 1. The number of hydrogen-bond acceptors (Lipinski definition) is 7. The van der Waals surface area contributed by atoms with E-state index in [9.17, 15) is 10.2 Å². The Hall–Kier alpha value is -2.58. The van der Waals surface area contributed by atoms with Crippen LogP contribution in [0, 0.1) is 0 Å². The minimum absolute atomic E-state index is 0.0539. The third kappa shape index (κ3) is 4.76. The molecule has 2 heterocycles. The summed E-state index contributed by atoms with van der Waals surface area (Å²) in [6, 6.07) is 5.47. The molecule has 0 saturated heterocycles. The Balaban J connectivity index is 1.70. The van der Waals surface area contributed by atoms with Crippen LogP contribution in [-0.2, 0) is 6.54 Å². The van der Waals surface area contributed by atoms with E-state index >= 15 is 0 Å².